The normalized spacial score (nSPS) is 24.9. The van der Waals surface area contributed by atoms with Gasteiger partial charge in [-0.15, -0.1) is 0 Å². The number of rotatable bonds is 4. The molecule has 142 valence electrons. The number of nitrogens with zero attached hydrogens (tertiary/aromatic N) is 3. The maximum atomic E-state index is 12.3. The number of amides is 1. The van der Waals surface area contributed by atoms with Crippen LogP contribution in [0.5, 0.6) is 5.75 Å². The van der Waals surface area contributed by atoms with E-state index >= 15 is 0 Å². The Hall–Kier alpha value is -2.40. The van der Waals surface area contributed by atoms with Crippen LogP contribution in [-0.2, 0) is 11.3 Å². The number of fused-ring (bicyclic) bond motifs is 1. The molecule has 2 aliphatic heterocycles. The zero-order valence-electron chi connectivity index (χ0n) is 16.3. The van der Waals surface area contributed by atoms with Crippen molar-refractivity contribution in [2.24, 2.45) is 11.8 Å². The molecular weight excluding hydrogens is 338 g/mol. The number of pyridine rings is 1. The van der Waals surface area contributed by atoms with Crippen molar-refractivity contribution in [3.05, 3.63) is 59.4 Å². The molecule has 0 radical (unpaired) electrons. The van der Waals surface area contributed by atoms with E-state index in [4.69, 9.17) is 4.74 Å². The van der Waals surface area contributed by atoms with Gasteiger partial charge in [0.15, 0.2) is 0 Å². The van der Waals surface area contributed by atoms with Gasteiger partial charge in [-0.25, -0.2) is 0 Å². The Labute approximate surface area is 161 Å². The fourth-order valence-corrected chi connectivity index (χ4v) is 4.85. The van der Waals surface area contributed by atoms with Crippen molar-refractivity contribution in [2.45, 2.75) is 26.4 Å². The second-order valence-electron chi connectivity index (χ2n) is 7.74. The first-order valence-electron chi connectivity index (χ1n) is 9.61. The molecule has 1 aromatic carbocycles. The molecule has 5 nitrogen and oxygen atoms in total. The van der Waals surface area contributed by atoms with Crippen LogP contribution in [0.15, 0.2) is 42.6 Å². The van der Waals surface area contributed by atoms with E-state index in [-0.39, 0.29) is 11.9 Å². The summed E-state index contributed by atoms with van der Waals surface area (Å²) in [5.74, 6) is 1.99. The van der Waals surface area contributed by atoms with Gasteiger partial charge in [-0.3, -0.25) is 14.7 Å². The Kier molecular flexibility index (Phi) is 4.87. The highest BCUT2D eigenvalue weighted by atomic mass is 16.5. The van der Waals surface area contributed by atoms with Gasteiger partial charge in [0.1, 0.15) is 5.75 Å². The molecule has 0 bridgehead atoms. The number of hydrogen-bond acceptors (Lipinski definition) is 4. The lowest BCUT2D eigenvalue weighted by Gasteiger charge is -2.30. The summed E-state index contributed by atoms with van der Waals surface area (Å²) in [6, 6.07) is 12.5. The van der Waals surface area contributed by atoms with Gasteiger partial charge >= 0.3 is 0 Å². The molecule has 2 saturated heterocycles. The molecule has 3 heterocycles. The number of carbonyl (C=O) groups excluding carboxylic acids is 1. The minimum atomic E-state index is 0.171. The number of hydrogen-bond donors (Lipinski definition) is 0. The number of aromatic nitrogens is 1. The van der Waals surface area contributed by atoms with E-state index in [0.29, 0.717) is 11.8 Å². The number of methoxy groups -OCH3 is 1. The summed E-state index contributed by atoms with van der Waals surface area (Å²) < 4.78 is 5.46. The molecule has 0 spiro atoms. The molecule has 0 unspecified atom stereocenters. The highest BCUT2D eigenvalue weighted by molar-refractivity contribution is 5.74. The smallest absolute Gasteiger partial charge is 0.219 e. The van der Waals surface area contributed by atoms with Gasteiger partial charge in [0, 0.05) is 45.2 Å². The van der Waals surface area contributed by atoms with Crippen LogP contribution < -0.4 is 4.74 Å². The Morgan fingerprint density at radius 2 is 2.00 bits per heavy atom. The van der Waals surface area contributed by atoms with E-state index in [1.54, 1.807) is 14.0 Å². The average molecular weight is 365 g/mol. The number of benzene rings is 1. The average Bonchev–Trinajstić information content (AvgIpc) is 3.20. The van der Waals surface area contributed by atoms with Crippen LogP contribution in [0.1, 0.15) is 29.8 Å². The molecule has 1 aromatic heterocycles. The van der Waals surface area contributed by atoms with Crippen LogP contribution in [-0.4, -0.2) is 47.4 Å². The van der Waals surface area contributed by atoms with Crippen molar-refractivity contribution >= 4 is 5.91 Å². The van der Waals surface area contributed by atoms with Crippen molar-refractivity contribution in [1.82, 2.24) is 14.8 Å². The third-order valence-electron chi connectivity index (χ3n) is 6.09. The molecule has 0 aliphatic carbocycles. The third-order valence-corrected chi connectivity index (χ3v) is 6.09. The minimum Gasteiger partial charge on any atom is -0.495 e. The van der Waals surface area contributed by atoms with Gasteiger partial charge < -0.3 is 9.64 Å². The Morgan fingerprint density at radius 1 is 1.19 bits per heavy atom. The summed E-state index contributed by atoms with van der Waals surface area (Å²) in [7, 11) is 1.69. The highest BCUT2D eigenvalue weighted by Crippen LogP contribution is 2.46. The van der Waals surface area contributed by atoms with E-state index in [1.807, 2.05) is 18.3 Å². The first kappa shape index (κ1) is 18.0. The van der Waals surface area contributed by atoms with Crippen LogP contribution in [0, 0.1) is 18.8 Å². The fraction of sp³-hybridized carbons (Fsp3) is 0.455. The van der Waals surface area contributed by atoms with Crippen LogP contribution >= 0.6 is 0 Å². The fourth-order valence-electron chi connectivity index (χ4n) is 4.85. The lowest BCUT2D eigenvalue weighted by atomic mass is 9.87. The van der Waals surface area contributed by atoms with Crippen LogP contribution in [0.3, 0.4) is 0 Å². The van der Waals surface area contributed by atoms with Gasteiger partial charge in [-0.2, -0.15) is 0 Å². The molecule has 5 heteroatoms. The lowest BCUT2D eigenvalue weighted by molar-refractivity contribution is -0.130. The minimum absolute atomic E-state index is 0.171. The van der Waals surface area contributed by atoms with Gasteiger partial charge in [0.05, 0.1) is 18.8 Å². The Balaban J connectivity index is 1.57. The Morgan fingerprint density at radius 3 is 2.74 bits per heavy atom. The van der Waals surface area contributed by atoms with Crippen LogP contribution in [0.2, 0.25) is 0 Å². The van der Waals surface area contributed by atoms with Crippen molar-refractivity contribution in [3.63, 3.8) is 0 Å². The predicted molar refractivity (Wildman–Crippen MR) is 104 cm³/mol. The molecule has 0 saturated carbocycles. The largest absolute Gasteiger partial charge is 0.495 e. The SMILES string of the molecule is COc1cccnc1CN1C[C@@H]2CN(C(C)=O)[C@@H](c3ccccc3C)[C@@H]2C1. The van der Waals surface area contributed by atoms with E-state index in [9.17, 15) is 4.79 Å². The molecular formula is C22H27N3O2. The zero-order valence-corrected chi connectivity index (χ0v) is 16.3. The zero-order chi connectivity index (χ0) is 19.0. The van der Waals surface area contributed by atoms with Crippen molar-refractivity contribution < 1.29 is 9.53 Å². The topological polar surface area (TPSA) is 45.7 Å². The molecule has 4 rings (SSSR count). The third kappa shape index (κ3) is 3.32. The molecule has 2 aromatic rings. The van der Waals surface area contributed by atoms with Crippen molar-refractivity contribution in [2.75, 3.05) is 26.7 Å². The summed E-state index contributed by atoms with van der Waals surface area (Å²) >= 11 is 0. The molecule has 2 fully saturated rings. The van der Waals surface area contributed by atoms with E-state index < -0.39 is 0 Å². The summed E-state index contributed by atoms with van der Waals surface area (Å²) in [5.41, 5.74) is 3.53. The number of ether oxygens (including phenoxy) is 1. The molecule has 2 aliphatic rings. The second kappa shape index (κ2) is 7.31. The Bertz CT molecular complexity index is 838. The standard InChI is InChI=1S/C22H27N3O2/c1-15-7-4-5-8-18(15)22-19-13-24(11-17(19)12-25(22)16(2)26)14-20-21(27-3)9-6-10-23-20/h4-10,17,19,22H,11-14H2,1-3H3/t17-,19-,22+/m1/s1. The quantitative estimate of drug-likeness (QED) is 0.835. The monoisotopic (exact) mass is 365 g/mol. The summed E-state index contributed by atoms with van der Waals surface area (Å²) in [6.45, 7) is 7.45. The van der Waals surface area contributed by atoms with Gasteiger partial charge in [0.2, 0.25) is 5.91 Å². The van der Waals surface area contributed by atoms with Crippen LogP contribution in [0.25, 0.3) is 0 Å². The summed E-state index contributed by atoms with van der Waals surface area (Å²) in [6.07, 6.45) is 1.82. The second-order valence-corrected chi connectivity index (χ2v) is 7.74. The summed E-state index contributed by atoms with van der Waals surface area (Å²) in [4.78, 5) is 21.4. The summed E-state index contributed by atoms with van der Waals surface area (Å²) in [5, 5.41) is 0. The van der Waals surface area contributed by atoms with Crippen molar-refractivity contribution in [1.29, 1.82) is 0 Å². The molecule has 1 amide bonds. The van der Waals surface area contributed by atoms with Crippen molar-refractivity contribution in [3.8, 4) is 5.75 Å². The first-order chi connectivity index (χ1) is 13.1. The number of likely N-dealkylation sites (tertiary alicyclic amines) is 2. The highest BCUT2D eigenvalue weighted by Gasteiger charge is 2.48. The number of carbonyl (C=O) groups is 1. The van der Waals surface area contributed by atoms with E-state index in [0.717, 1.165) is 37.6 Å². The van der Waals surface area contributed by atoms with E-state index in [2.05, 4.69) is 46.0 Å². The van der Waals surface area contributed by atoms with Crippen LogP contribution in [0.4, 0.5) is 0 Å². The molecule has 3 atom stereocenters. The molecule has 27 heavy (non-hydrogen) atoms. The van der Waals surface area contributed by atoms with Gasteiger partial charge in [-0.1, -0.05) is 24.3 Å². The van der Waals surface area contributed by atoms with Gasteiger partial charge in [0.25, 0.3) is 0 Å². The number of aryl methyl sites for hydroxylation is 1. The maximum Gasteiger partial charge on any atom is 0.219 e. The first-order valence-corrected chi connectivity index (χ1v) is 9.61. The van der Waals surface area contributed by atoms with E-state index in [1.165, 1.54) is 11.1 Å². The molecule has 0 N–H and O–H groups in total. The maximum absolute atomic E-state index is 12.3. The lowest BCUT2D eigenvalue weighted by Crippen LogP contribution is -2.34. The predicted octanol–water partition coefficient (Wildman–Crippen LogP) is 3.05. The van der Waals surface area contributed by atoms with Gasteiger partial charge in [-0.05, 0) is 36.1 Å².